The number of carbonyl (C=O) groups is 1. The topological polar surface area (TPSA) is 92.8 Å². The van der Waals surface area contributed by atoms with Gasteiger partial charge in [0.1, 0.15) is 16.8 Å². The number of carbonyl (C=O) groups excluding carboxylic acids is 1. The van der Waals surface area contributed by atoms with Crippen molar-refractivity contribution in [1.82, 2.24) is 14.8 Å². The number of aryl methyl sites for hydroxylation is 1. The van der Waals surface area contributed by atoms with E-state index in [9.17, 15) is 10.1 Å². The molecule has 1 aromatic carbocycles. The SMILES string of the molecule is C=CCn1c(SCC(=O)Nc2sc3c(c2C#N)CCCCC3)nnc1C(C)Oc1ccc(Cl)cc1Cl. The van der Waals surface area contributed by atoms with E-state index in [4.69, 9.17) is 27.9 Å². The number of halogens is 2. The summed E-state index contributed by atoms with van der Waals surface area (Å²) < 4.78 is 7.85. The number of nitriles is 1. The number of rotatable bonds is 9. The fourth-order valence-corrected chi connectivity index (χ4v) is 6.53. The van der Waals surface area contributed by atoms with Crippen molar-refractivity contribution in [2.24, 2.45) is 0 Å². The molecule has 0 saturated heterocycles. The standard InChI is InChI=1S/C25H25Cl2N5O2S2/c1-3-11-32-23(15(2)34-20-10-9-16(26)12-19(20)27)30-31-25(32)35-14-22(33)29-24-18(13-28)17-7-5-4-6-8-21(17)36-24/h3,9-10,12,15H,1,4-8,11,14H2,2H3,(H,29,33). The van der Waals surface area contributed by atoms with Gasteiger partial charge in [0.2, 0.25) is 5.91 Å². The molecule has 0 aliphatic heterocycles. The van der Waals surface area contributed by atoms with Gasteiger partial charge in [-0.2, -0.15) is 5.26 Å². The molecule has 1 aliphatic rings. The minimum absolute atomic E-state index is 0.126. The van der Waals surface area contributed by atoms with E-state index in [-0.39, 0.29) is 11.7 Å². The molecule has 11 heteroatoms. The van der Waals surface area contributed by atoms with Gasteiger partial charge in [-0.3, -0.25) is 9.36 Å². The van der Waals surface area contributed by atoms with Crippen LogP contribution in [0.25, 0.3) is 0 Å². The number of nitrogens with zero attached hydrogens (tertiary/aromatic N) is 4. The minimum Gasteiger partial charge on any atom is -0.481 e. The Bertz CT molecular complexity index is 1310. The highest BCUT2D eigenvalue weighted by atomic mass is 35.5. The Morgan fingerprint density at radius 1 is 1.36 bits per heavy atom. The van der Waals surface area contributed by atoms with E-state index < -0.39 is 6.10 Å². The molecule has 0 fully saturated rings. The van der Waals surface area contributed by atoms with E-state index in [1.54, 1.807) is 24.3 Å². The van der Waals surface area contributed by atoms with Crippen molar-refractivity contribution in [1.29, 1.82) is 5.26 Å². The molecule has 0 bridgehead atoms. The zero-order chi connectivity index (χ0) is 25.7. The van der Waals surface area contributed by atoms with Gasteiger partial charge < -0.3 is 10.1 Å². The first-order valence-electron chi connectivity index (χ1n) is 11.5. The van der Waals surface area contributed by atoms with Crippen molar-refractivity contribution in [3.8, 4) is 11.8 Å². The summed E-state index contributed by atoms with van der Waals surface area (Å²) in [5, 5.41) is 23.4. The van der Waals surface area contributed by atoms with Gasteiger partial charge in [0, 0.05) is 16.4 Å². The second-order valence-corrected chi connectivity index (χ2v) is 11.2. The number of amides is 1. The average molecular weight is 563 g/mol. The normalized spacial score (nSPS) is 13.8. The maximum absolute atomic E-state index is 12.8. The second kappa shape index (κ2) is 12.2. The molecule has 1 amide bonds. The number of thioether (sulfide) groups is 1. The second-order valence-electron chi connectivity index (χ2n) is 8.29. The van der Waals surface area contributed by atoms with Gasteiger partial charge in [-0.25, -0.2) is 0 Å². The molecular weight excluding hydrogens is 537 g/mol. The Morgan fingerprint density at radius 2 is 2.17 bits per heavy atom. The van der Waals surface area contributed by atoms with Crippen molar-refractivity contribution in [2.75, 3.05) is 11.1 Å². The largest absolute Gasteiger partial charge is 0.481 e. The first-order valence-corrected chi connectivity index (χ1v) is 14.1. The van der Waals surface area contributed by atoms with Crippen LogP contribution in [0, 0.1) is 11.3 Å². The van der Waals surface area contributed by atoms with Gasteiger partial charge in [-0.15, -0.1) is 28.1 Å². The van der Waals surface area contributed by atoms with E-state index in [0.717, 1.165) is 31.2 Å². The molecule has 2 heterocycles. The van der Waals surface area contributed by atoms with Crippen molar-refractivity contribution in [3.63, 3.8) is 0 Å². The van der Waals surface area contributed by atoms with Gasteiger partial charge >= 0.3 is 0 Å². The molecule has 1 atom stereocenters. The Balaban J connectivity index is 1.44. The maximum atomic E-state index is 12.8. The Labute approximate surface area is 228 Å². The number of fused-ring (bicyclic) bond motifs is 1. The average Bonchev–Trinajstić information content (AvgIpc) is 3.31. The highest BCUT2D eigenvalue weighted by molar-refractivity contribution is 7.99. The quantitative estimate of drug-likeness (QED) is 0.174. The molecule has 1 aliphatic carbocycles. The summed E-state index contributed by atoms with van der Waals surface area (Å²) in [6, 6.07) is 7.32. The van der Waals surface area contributed by atoms with Crippen LogP contribution < -0.4 is 10.1 Å². The summed E-state index contributed by atoms with van der Waals surface area (Å²) in [4.78, 5) is 14.0. The molecular formula is C25H25Cl2N5O2S2. The predicted molar refractivity (Wildman–Crippen MR) is 145 cm³/mol. The fraction of sp³-hybridized carbons (Fsp3) is 0.360. The number of hydrogen-bond donors (Lipinski definition) is 1. The summed E-state index contributed by atoms with van der Waals surface area (Å²) in [5.74, 6) is 0.997. The molecule has 188 valence electrons. The number of nitrogens with one attached hydrogen (secondary N) is 1. The van der Waals surface area contributed by atoms with Crippen molar-refractivity contribution < 1.29 is 9.53 Å². The number of thiophene rings is 1. The molecule has 1 N–H and O–H groups in total. The summed E-state index contributed by atoms with van der Waals surface area (Å²) in [6.07, 6.45) is 6.51. The van der Waals surface area contributed by atoms with E-state index in [1.165, 1.54) is 34.4 Å². The van der Waals surface area contributed by atoms with Crippen molar-refractivity contribution >= 4 is 57.2 Å². The van der Waals surface area contributed by atoms with E-state index in [1.807, 2.05) is 11.5 Å². The Morgan fingerprint density at radius 3 is 2.92 bits per heavy atom. The molecule has 4 rings (SSSR count). The highest BCUT2D eigenvalue weighted by Crippen LogP contribution is 2.37. The fourth-order valence-electron chi connectivity index (χ4n) is 4.06. The van der Waals surface area contributed by atoms with Crippen molar-refractivity contribution in [2.45, 2.75) is 56.8 Å². The molecule has 1 unspecified atom stereocenters. The number of aromatic nitrogens is 3. The Kier molecular flexibility index (Phi) is 8.96. The third-order valence-electron chi connectivity index (χ3n) is 5.74. The summed E-state index contributed by atoms with van der Waals surface area (Å²) in [7, 11) is 0. The van der Waals surface area contributed by atoms with Crippen LogP contribution in [0.15, 0.2) is 36.0 Å². The van der Waals surface area contributed by atoms with E-state index in [2.05, 4.69) is 28.2 Å². The summed E-state index contributed by atoms with van der Waals surface area (Å²) in [5.41, 5.74) is 1.72. The molecule has 0 radical (unpaired) electrons. The third kappa shape index (κ3) is 6.06. The van der Waals surface area contributed by atoms with Crippen molar-refractivity contribution in [3.05, 3.63) is 62.7 Å². The molecule has 7 nitrogen and oxygen atoms in total. The van der Waals surface area contributed by atoms with Crippen LogP contribution in [0.1, 0.15) is 54.1 Å². The van der Waals surface area contributed by atoms with Gasteiger partial charge in [0.15, 0.2) is 17.1 Å². The molecule has 0 spiro atoms. The third-order valence-corrected chi connectivity index (χ3v) is 8.44. The lowest BCUT2D eigenvalue weighted by molar-refractivity contribution is -0.113. The summed E-state index contributed by atoms with van der Waals surface area (Å²) in [6.45, 7) is 6.12. The van der Waals surface area contributed by atoms with Crippen LogP contribution in [-0.4, -0.2) is 26.4 Å². The lowest BCUT2D eigenvalue weighted by atomic mass is 10.1. The monoisotopic (exact) mass is 561 g/mol. The lowest BCUT2D eigenvalue weighted by Gasteiger charge is -2.16. The summed E-state index contributed by atoms with van der Waals surface area (Å²) >= 11 is 15.0. The van der Waals surface area contributed by atoms with Crippen LogP contribution in [0.5, 0.6) is 5.75 Å². The van der Waals surface area contributed by atoms with Gasteiger partial charge in [0.05, 0.1) is 16.3 Å². The number of hydrogen-bond acceptors (Lipinski definition) is 7. The molecule has 36 heavy (non-hydrogen) atoms. The molecule has 2 aromatic heterocycles. The minimum atomic E-state index is -0.459. The van der Waals surface area contributed by atoms with E-state index >= 15 is 0 Å². The van der Waals surface area contributed by atoms with Crippen LogP contribution >= 0.6 is 46.3 Å². The van der Waals surface area contributed by atoms with E-state index in [0.29, 0.717) is 43.9 Å². The zero-order valence-corrected chi connectivity index (χ0v) is 22.9. The smallest absolute Gasteiger partial charge is 0.235 e. The number of ether oxygens (including phenoxy) is 1. The van der Waals surface area contributed by atoms with Gasteiger partial charge in [-0.05, 0) is 56.4 Å². The number of benzene rings is 1. The molecule has 0 saturated carbocycles. The predicted octanol–water partition coefficient (Wildman–Crippen LogP) is 6.84. The maximum Gasteiger partial charge on any atom is 0.235 e. The first kappa shape index (κ1) is 26.6. The van der Waals surface area contributed by atoms with Crippen LogP contribution in [-0.2, 0) is 24.2 Å². The lowest BCUT2D eigenvalue weighted by Crippen LogP contribution is -2.15. The Hall–Kier alpha value is -2.51. The first-order chi connectivity index (χ1) is 17.4. The zero-order valence-electron chi connectivity index (χ0n) is 19.7. The van der Waals surface area contributed by atoms with Gasteiger partial charge in [0.25, 0.3) is 0 Å². The highest BCUT2D eigenvalue weighted by Gasteiger charge is 2.23. The van der Waals surface area contributed by atoms with Crippen LogP contribution in [0.2, 0.25) is 10.0 Å². The molecule has 3 aromatic rings. The van der Waals surface area contributed by atoms with Crippen LogP contribution in [0.3, 0.4) is 0 Å². The number of allylic oxidation sites excluding steroid dienone is 1. The van der Waals surface area contributed by atoms with Gasteiger partial charge in [-0.1, -0.05) is 47.5 Å². The number of anilines is 1. The van der Waals surface area contributed by atoms with Crippen LogP contribution in [0.4, 0.5) is 5.00 Å².